The molecule has 0 spiro atoms. The first kappa shape index (κ1) is 10.6. The maximum absolute atomic E-state index is 11.7. The van der Waals surface area contributed by atoms with Crippen molar-refractivity contribution < 1.29 is 0 Å². The average molecular weight is 214 g/mol. The van der Waals surface area contributed by atoms with Crippen molar-refractivity contribution >= 4 is 0 Å². The lowest BCUT2D eigenvalue weighted by Crippen LogP contribution is -2.20. The molecule has 0 fully saturated rings. The molecule has 16 heavy (non-hydrogen) atoms. The van der Waals surface area contributed by atoms with Gasteiger partial charge in [-0.3, -0.25) is 9.36 Å². The van der Waals surface area contributed by atoms with E-state index in [1.54, 1.807) is 17.0 Å². The van der Waals surface area contributed by atoms with Crippen molar-refractivity contribution in [1.82, 2.24) is 9.55 Å². The number of aryl methyl sites for hydroxylation is 2. The van der Waals surface area contributed by atoms with E-state index in [-0.39, 0.29) is 5.56 Å². The van der Waals surface area contributed by atoms with Crippen molar-refractivity contribution in [2.45, 2.75) is 20.4 Å². The summed E-state index contributed by atoms with van der Waals surface area (Å²) in [5.41, 5.74) is 3.07. The highest BCUT2D eigenvalue weighted by molar-refractivity contribution is 5.22. The van der Waals surface area contributed by atoms with Crippen LogP contribution in [0.15, 0.2) is 41.5 Å². The molecule has 1 aromatic heterocycles. The van der Waals surface area contributed by atoms with E-state index in [1.165, 1.54) is 5.56 Å². The lowest BCUT2D eigenvalue weighted by atomic mass is 10.1. The van der Waals surface area contributed by atoms with Crippen molar-refractivity contribution in [2.24, 2.45) is 0 Å². The Kier molecular flexibility index (Phi) is 2.86. The topological polar surface area (TPSA) is 34.9 Å². The fourth-order valence-electron chi connectivity index (χ4n) is 1.64. The average Bonchev–Trinajstić information content (AvgIpc) is 2.22. The van der Waals surface area contributed by atoms with Crippen LogP contribution in [-0.2, 0) is 6.54 Å². The van der Waals surface area contributed by atoms with Crippen LogP contribution >= 0.6 is 0 Å². The molecule has 0 bridgehead atoms. The van der Waals surface area contributed by atoms with Gasteiger partial charge in [-0.15, -0.1) is 0 Å². The Morgan fingerprint density at radius 1 is 1.25 bits per heavy atom. The molecular formula is C13H14N2O. The standard InChI is InChI=1S/C13H14N2O/c1-10-4-3-5-12(6-10)8-15-9-14-11(2)7-13(15)16/h3-7,9H,8H2,1-2H3. The first-order chi connectivity index (χ1) is 7.65. The Morgan fingerprint density at radius 2 is 2.06 bits per heavy atom. The van der Waals surface area contributed by atoms with Crippen LogP contribution < -0.4 is 5.56 Å². The predicted octanol–water partition coefficient (Wildman–Crippen LogP) is 1.91. The second-order valence-electron chi connectivity index (χ2n) is 3.99. The molecule has 0 unspecified atom stereocenters. The number of rotatable bonds is 2. The smallest absolute Gasteiger partial charge is 0.253 e. The number of aromatic nitrogens is 2. The maximum atomic E-state index is 11.7. The first-order valence-electron chi connectivity index (χ1n) is 5.24. The summed E-state index contributed by atoms with van der Waals surface area (Å²) in [6.45, 7) is 4.44. The van der Waals surface area contributed by atoms with Gasteiger partial charge in [0.25, 0.3) is 5.56 Å². The minimum absolute atomic E-state index is 0.00555. The quantitative estimate of drug-likeness (QED) is 0.765. The highest BCUT2D eigenvalue weighted by atomic mass is 16.1. The lowest BCUT2D eigenvalue weighted by molar-refractivity contribution is 0.730. The van der Waals surface area contributed by atoms with Gasteiger partial charge in [-0.2, -0.15) is 0 Å². The van der Waals surface area contributed by atoms with Crippen molar-refractivity contribution in [3.63, 3.8) is 0 Å². The second kappa shape index (κ2) is 4.31. The Hall–Kier alpha value is -1.90. The molecule has 1 heterocycles. The highest BCUT2D eigenvalue weighted by Crippen LogP contribution is 2.04. The third-order valence-corrected chi connectivity index (χ3v) is 2.45. The van der Waals surface area contributed by atoms with E-state index >= 15 is 0 Å². The van der Waals surface area contributed by atoms with Gasteiger partial charge in [0.05, 0.1) is 12.9 Å². The van der Waals surface area contributed by atoms with Crippen molar-refractivity contribution in [1.29, 1.82) is 0 Å². The lowest BCUT2D eigenvalue weighted by Gasteiger charge is -2.05. The van der Waals surface area contributed by atoms with Crippen LogP contribution in [0.3, 0.4) is 0 Å². The van der Waals surface area contributed by atoms with E-state index < -0.39 is 0 Å². The van der Waals surface area contributed by atoms with Crippen molar-refractivity contribution in [2.75, 3.05) is 0 Å². The predicted molar refractivity (Wildman–Crippen MR) is 63.5 cm³/mol. The number of nitrogens with zero attached hydrogens (tertiary/aromatic N) is 2. The van der Waals surface area contributed by atoms with Crippen LogP contribution in [0.2, 0.25) is 0 Å². The zero-order valence-corrected chi connectivity index (χ0v) is 9.47. The van der Waals surface area contributed by atoms with Gasteiger partial charge in [-0.1, -0.05) is 29.8 Å². The fourth-order valence-corrected chi connectivity index (χ4v) is 1.64. The number of hydrogen-bond acceptors (Lipinski definition) is 2. The van der Waals surface area contributed by atoms with E-state index in [0.29, 0.717) is 6.54 Å². The summed E-state index contributed by atoms with van der Waals surface area (Å²) in [5.74, 6) is 0. The Bertz CT molecular complexity index is 558. The monoisotopic (exact) mass is 214 g/mol. The molecule has 0 aliphatic heterocycles. The van der Waals surface area contributed by atoms with Gasteiger partial charge in [0.2, 0.25) is 0 Å². The molecule has 2 rings (SSSR count). The van der Waals surface area contributed by atoms with Gasteiger partial charge in [0.1, 0.15) is 0 Å². The molecule has 0 saturated heterocycles. The van der Waals surface area contributed by atoms with Crippen LogP contribution in [0.4, 0.5) is 0 Å². The fraction of sp³-hybridized carbons (Fsp3) is 0.231. The number of benzene rings is 1. The molecular weight excluding hydrogens is 200 g/mol. The molecule has 0 aliphatic rings. The third-order valence-electron chi connectivity index (χ3n) is 2.45. The molecule has 0 N–H and O–H groups in total. The molecule has 82 valence electrons. The minimum atomic E-state index is -0.00555. The molecule has 0 saturated carbocycles. The molecule has 2 aromatic rings. The van der Waals surface area contributed by atoms with Crippen LogP contribution in [0.5, 0.6) is 0 Å². The van der Waals surface area contributed by atoms with Gasteiger partial charge in [0.15, 0.2) is 0 Å². The van der Waals surface area contributed by atoms with E-state index in [4.69, 9.17) is 0 Å². The molecule has 0 atom stereocenters. The zero-order chi connectivity index (χ0) is 11.5. The molecule has 0 radical (unpaired) electrons. The van der Waals surface area contributed by atoms with E-state index in [2.05, 4.69) is 11.1 Å². The SMILES string of the molecule is Cc1cccc(Cn2cnc(C)cc2=O)c1. The Balaban J connectivity index is 2.31. The molecule has 3 heteroatoms. The summed E-state index contributed by atoms with van der Waals surface area (Å²) in [6.07, 6.45) is 1.60. The summed E-state index contributed by atoms with van der Waals surface area (Å²) in [5, 5.41) is 0. The molecule has 1 aromatic carbocycles. The summed E-state index contributed by atoms with van der Waals surface area (Å²) in [7, 11) is 0. The van der Waals surface area contributed by atoms with Crippen LogP contribution in [-0.4, -0.2) is 9.55 Å². The normalized spacial score (nSPS) is 10.4. The summed E-state index contributed by atoms with van der Waals surface area (Å²) < 4.78 is 1.61. The van der Waals surface area contributed by atoms with Crippen molar-refractivity contribution in [3.8, 4) is 0 Å². The second-order valence-corrected chi connectivity index (χ2v) is 3.99. The number of hydrogen-bond donors (Lipinski definition) is 0. The summed E-state index contributed by atoms with van der Waals surface area (Å²) >= 11 is 0. The van der Waals surface area contributed by atoms with E-state index in [0.717, 1.165) is 11.3 Å². The highest BCUT2D eigenvalue weighted by Gasteiger charge is 1.99. The molecule has 3 nitrogen and oxygen atoms in total. The maximum Gasteiger partial charge on any atom is 0.253 e. The summed E-state index contributed by atoms with van der Waals surface area (Å²) in [6, 6.07) is 9.68. The zero-order valence-electron chi connectivity index (χ0n) is 9.47. The molecule has 0 aliphatic carbocycles. The van der Waals surface area contributed by atoms with E-state index in [1.807, 2.05) is 32.0 Å². The molecule has 0 amide bonds. The Labute approximate surface area is 94.4 Å². The van der Waals surface area contributed by atoms with Gasteiger partial charge in [-0.25, -0.2) is 4.98 Å². The van der Waals surface area contributed by atoms with Gasteiger partial charge in [0, 0.05) is 11.8 Å². The Morgan fingerprint density at radius 3 is 2.75 bits per heavy atom. The van der Waals surface area contributed by atoms with Crippen LogP contribution in [0.1, 0.15) is 16.8 Å². The van der Waals surface area contributed by atoms with E-state index in [9.17, 15) is 4.79 Å². The third kappa shape index (κ3) is 2.37. The van der Waals surface area contributed by atoms with Gasteiger partial charge < -0.3 is 0 Å². The largest absolute Gasteiger partial charge is 0.295 e. The van der Waals surface area contributed by atoms with Gasteiger partial charge in [-0.05, 0) is 19.4 Å². The van der Waals surface area contributed by atoms with Crippen LogP contribution in [0, 0.1) is 13.8 Å². The summed E-state index contributed by atoms with van der Waals surface area (Å²) in [4.78, 5) is 15.8. The first-order valence-corrected chi connectivity index (χ1v) is 5.24. The van der Waals surface area contributed by atoms with Crippen molar-refractivity contribution in [3.05, 3.63) is 63.8 Å². The van der Waals surface area contributed by atoms with Gasteiger partial charge >= 0.3 is 0 Å². The van der Waals surface area contributed by atoms with Crippen LogP contribution in [0.25, 0.3) is 0 Å². The minimum Gasteiger partial charge on any atom is -0.295 e.